The smallest absolute Gasteiger partial charge is 0.249 e. The van der Waals surface area contributed by atoms with Gasteiger partial charge in [0.1, 0.15) is 11.8 Å². The molecule has 1 aliphatic rings. The maximum Gasteiger partial charge on any atom is 0.249 e. The maximum atomic E-state index is 12.6. The first kappa shape index (κ1) is 18.9. The highest BCUT2D eigenvalue weighted by Crippen LogP contribution is 2.20. The lowest BCUT2D eigenvalue weighted by Crippen LogP contribution is -2.44. The molecule has 1 heterocycles. The second kappa shape index (κ2) is 8.22. The molecule has 0 aromatic heterocycles. The quantitative estimate of drug-likeness (QED) is 0.852. The topological polar surface area (TPSA) is 71.0 Å². The van der Waals surface area contributed by atoms with Crippen LogP contribution in [-0.4, -0.2) is 35.7 Å². The third-order valence-electron chi connectivity index (χ3n) is 4.34. The normalized spacial score (nSPS) is 15.1. The largest absolute Gasteiger partial charge is 0.497 e. The molecule has 2 amide bonds. The van der Waals surface area contributed by atoms with Crippen LogP contribution in [0.25, 0.3) is 0 Å². The molecule has 6 nitrogen and oxygen atoms in total. The van der Waals surface area contributed by atoms with E-state index in [-0.39, 0.29) is 11.8 Å². The van der Waals surface area contributed by atoms with Crippen molar-refractivity contribution in [3.63, 3.8) is 0 Å². The number of methoxy groups -OCH3 is 1. The number of hydrogen-bond acceptors (Lipinski definition) is 4. The minimum absolute atomic E-state index is 0.176. The van der Waals surface area contributed by atoms with Crippen LogP contribution >= 0.6 is 11.6 Å². The zero-order valence-corrected chi connectivity index (χ0v) is 15.9. The molecule has 0 fully saturated rings. The molecule has 3 rings (SSSR count). The molecule has 0 saturated carbocycles. The summed E-state index contributed by atoms with van der Waals surface area (Å²) in [6.45, 7) is 1.66. The third kappa shape index (κ3) is 4.46. The van der Waals surface area contributed by atoms with Crippen molar-refractivity contribution in [2.24, 2.45) is 5.10 Å². The molecule has 0 bridgehead atoms. The fraction of sp³-hybridized carbons (Fsp3) is 0.250. The standard InChI is InChI=1S/C20H20ClN3O3/c1-13(20(26)22-16-7-9-17(27-2)10-8-16)24-19(25)12-11-18(23-24)14-3-5-15(21)6-4-14/h3-10,13H,11-12H2,1-2H3,(H,22,26). The van der Waals surface area contributed by atoms with Crippen molar-refractivity contribution in [1.29, 1.82) is 0 Å². The second-order valence-corrected chi connectivity index (χ2v) is 6.62. The number of carbonyl (C=O) groups is 2. The zero-order chi connectivity index (χ0) is 19.4. The first-order valence-electron chi connectivity index (χ1n) is 8.58. The molecule has 1 atom stereocenters. The summed E-state index contributed by atoms with van der Waals surface area (Å²) in [5, 5.41) is 9.12. The minimum atomic E-state index is -0.734. The Labute approximate surface area is 162 Å². The van der Waals surface area contributed by atoms with Crippen molar-refractivity contribution in [3.8, 4) is 5.75 Å². The van der Waals surface area contributed by atoms with Crippen molar-refractivity contribution in [3.05, 3.63) is 59.1 Å². The van der Waals surface area contributed by atoms with Gasteiger partial charge in [-0.15, -0.1) is 0 Å². The second-order valence-electron chi connectivity index (χ2n) is 6.19. The lowest BCUT2D eigenvalue weighted by atomic mass is 10.0. The number of halogens is 1. The highest BCUT2D eigenvalue weighted by Gasteiger charge is 2.29. The molecule has 27 heavy (non-hydrogen) atoms. The average molecular weight is 386 g/mol. The lowest BCUT2D eigenvalue weighted by molar-refractivity contribution is -0.138. The van der Waals surface area contributed by atoms with E-state index in [1.54, 1.807) is 50.4 Å². The molecule has 7 heteroatoms. The Kier molecular flexibility index (Phi) is 5.76. The van der Waals surface area contributed by atoms with E-state index in [2.05, 4.69) is 10.4 Å². The molecular formula is C20H20ClN3O3. The van der Waals surface area contributed by atoms with Crippen LogP contribution in [0.3, 0.4) is 0 Å². The Morgan fingerprint density at radius 1 is 1.15 bits per heavy atom. The van der Waals surface area contributed by atoms with Gasteiger partial charge in [0, 0.05) is 23.6 Å². The number of amides is 2. The first-order valence-corrected chi connectivity index (χ1v) is 8.96. The van der Waals surface area contributed by atoms with Gasteiger partial charge in [0.2, 0.25) is 11.8 Å². The number of ether oxygens (including phenoxy) is 1. The van der Waals surface area contributed by atoms with Crippen LogP contribution in [0.1, 0.15) is 25.3 Å². The summed E-state index contributed by atoms with van der Waals surface area (Å²) in [7, 11) is 1.58. The van der Waals surface area contributed by atoms with Gasteiger partial charge >= 0.3 is 0 Å². The summed E-state index contributed by atoms with van der Waals surface area (Å²) in [6, 6.07) is 13.5. The first-order chi connectivity index (χ1) is 13.0. The number of hydrazone groups is 1. The van der Waals surface area contributed by atoms with Crippen molar-refractivity contribution in [2.45, 2.75) is 25.8 Å². The summed E-state index contributed by atoms with van der Waals surface area (Å²) in [5.74, 6) is 0.212. The van der Waals surface area contributed by atoms with Gasteiger partial charge in [-0.05, 0) is 48.9 Å². The van der Waals surface area contributed by atoms with E-state index < -0.39 is 6.04 Å². The highest BCUT2D eigenvalue weighted by atomic mass is 35.5. The van der Waals surface area contributed by atoms with Crippen LogP contribution in [0.4, 0.5) is 5.69 Å². The van der Waals surface area contributed by atoms with Crippen LogP contribution in [-0.2, 0) is 9.59 Å². The van der Waals surface area contributed by atoms with E-state index >= 15 is 0 Å². The highest BCUT2D eigenvalue weighted by molar-refractivity contribution is 6.30. The van der Waals surface area contributed by atoms with Crippen LogP contribution in [0, 0.1) is 0 Å². The number of rotatable bonds is 5. The van der Waals surface area contributed by atoms with Crippen molar-refractivity contribution in [1.82, 2.24) is 5.01 Å². The molecule has 0 aliphatic carbocycles. The van der Waals surface area contributed by atoms with Crippen molar-refractivity contribution in [2.75, 3.05) is 12.4 Å². The van der Waals surface area contributed by atoms with Gasteiger partial charge in [0.15, 0.2) is 0 Å². The summed E-state index contributed by atoms with van der Waals surface area (Å²) in [6.07, 6.45) is 0.839. The van der Waals surface area contributed by atoms with Gasteiger partial charge in [-0.1, -0.05) is 23.7 Å². The van der Waals surface area contributed by atoms with Crippen LogP contribution in [0.5, 0.6) is 5.75 Å². The van der Waals surface area contributed by atoms with Crippen LogP contribution in [0.15, 0.2) is 53.6 Å². The van der Waals surface area contributed by atoms with Crippen molar-refractivity contribution < 1.29 is 14.3 Å². The van der Waals surface area contributed by atoms with Gasteiger partial charge < -0.3 is 10.1 Å². The maximum absolute atomic E-state index is 12.6. The summed E-state index contributed by atoms with van der Waals surface area (Å²) >= 11 is 5.93. The molecule has 0 saturated heterocycles. The third-order valence-corrected chi connectivity index (χ3v) is 4.59. The Morgan fingerprint density at radius 3 is 2.44 bits per heavy atom. The number of anilines is 1. The van der Waals surface area contributed by atoms with E-state index in [4.69, 9.17) is 16.3 Å². The fourth-order valence-corrected chi connectivity index (χ4v) is 2.88. The molecule has 2 aromatic carbocycles. The molecular weight excluding hydrogens is 366 g/mol. The number of carbonyl (C=O) groups excluding carboxylic acids is 2. The lowest BCUT2D eigenvalue weighted by Gasteiger charge is -2.28. The van der Waals surface area contributed by atoms with E-state index in [9.17, 15) is 9.59 Å². The summed E-state index contributed by atoms with van der Waals surface area (Å²) < 4.78 is 5.10. The van der Waals surface area contributed by atoms with Crippen LogP contribution in [0.2, 0.25) is 5.02 Å². The summed E-state index contributed by atoms with van der Waals surface area (Å²) in [5.41, 5.74) is 2.27. The number of hydrogen-bond donors (Lipinski definition) is 1. The van der Waals surface area contributed by atoms with Gasteiger partial charge in [0.05, 0.1) is 12.8 Å². The Hall–Kier alpha value is -2.86. The molecule has 0 radical (unpaired) electrons. The van der Waals surface area contributed by atoms with Gasteiger partial charge in [-0.3, -0.25) is 9.59 Å². The molecule has 0 spiro atoms. The summed E-state index contributed by atoms with van der Waals surface area (Å²) in [4.78, 5) is 24.9. The molecule has 1 N–H and O–H groups in total. The molecule has 1 aliphatic heterocycles. The number of nitrogens with one attached hydrogen (secondary N) is 1. The van der Waals surface area contributed by atoms with E-state index in [1.807, 2.05) is 12.1 Å². The Morgan fingerprint density at radius 2 is 1.81 bits per heavy atom. The van der Waals surface area contributed by atoms with Crippen LogP contribution < -0.4 is 10.1 Å². The minimum Gasteiger partial charge on any atom is -0.497 e. The SMILES string of the molecule is COc1ccc(NC(=O)C(C)N2N=C(c3ccc(Cl)cc3)CCC2=O)cc1. The average Bonchev–Trinajstić information content (AvgIpc) is 2.69. The van der Waals surface area contributed by atoms with E-state index in [0.29, 0.717) is 29.3 Å². The molecule has 140 valence electrons. The molecule has 1 unspecified atom stereocenters. The predicted octanol–water partition coefficient (Wildman–Crippen LogP) is 3.70. The number of benzene rings is 2. The van der Waals surface area contributed by atoms with E-state index in [1.165, 1.54) is 5.01 Å². The monoisotopic (exact) mass is 385 g/mol. The Balaban J connectivity index is 1.75. The van der Waals surface area contributed by atoms with Gasteiger partial charge in [-0.25, -0.2) is 5.01 Å². The van der Waals surface area contributed by atoms with E-state index in [0.717, 1.165) is 11.3 Å². The predicted molar refractivity (Wildman–Crippen MR) is 105 cm³/mol. The van der Waals surface area contributed by atoms with Gasteiger partial charge in [0.25, 0.3) is 0 Å². The zero-order valence-electron chi connectivity index (χ0n) is 15.1. The Bertz CT molecular complexity index is 863. The number of nitrogens with zero attached hydrogens (tertiary/aromatic N) is 2. The van der Waals surface area contributed by atoms with Gasteiger partial charge in [-0.2, -0.15) is 5.10 Å². The van der Waals surface area contributed by atoms with Crippen molar-refractivity contribution >= 4 is 34.8 Å². The molecule has 2 aromatic rings. The fourth-order valence-electron chi connectivity index (χ4n) is 2.75.